The van der Waals surface area contributed by atoms with Gasteiger partial charge in [-0.1, -0.05) is 29.3 Å². The topological polar surface area (TPSA) is 96.2 Å². The van der Waals surface area contributed by atoms with Gasteiger partial charge in [0.2, 0.25) is 0 Å². The second-order valence-corrected chi connectivity index (χ2v) is 8.02. The van der Waals surface area contributed by atoms with Crippen LogP contribution in [0.1, 0.15) is 16.1 Å². The van der Waals surface area contributed by atoms with E-state index in [1.165, 1.54) is 4.90 Å². The van der Waals surface area contributed by atoms with Crippen molar-refractivity contribution in [3.05, 3.63) is 57.8 Å². The Balaban J connectivity index is 1.77. The molecule has 1 saturated heterocycles. The van der Waals surface area contributed by atoms with E-state index in [4.69, 9.17) is 32.9 Å². The highest BCUT2D eigenvalue weighted by molar-refractivity contribution is 6.33. The maximum Gasteiger partial charge on any atom is 0.407 e. The molecule has 0 aliphatic carbocycles. The molecule has 1 aromatic carbocycles. The molecule has 162 valence electrons. The quantitative estimate of drug-likeness (QED) is 0.617. The molecule has 3 heterocycles. The summed E-state index contributed by atoms with van der Waals surface area (Å²) in [6.45, 7) is 0.934. The van der Waals surface area contributed by atoms with Crippen molar-refractivity contribution < 1.29 is 19.4 Å². The molecule has 1 aliphatic heterocycles. The number of imidazole rings is 1. The fourth-order valence-electron chi connectivity index (χ4n) is 3.71. The number of halogens is 2. The van der Waals surface area contributed by atoms with Crippen LogP contribution in [-0.4, -0.2) is 64.2 Å². The number of carboxylic acid groups (broad SMARTS) is 1. The van der Waals surface area contributed by atoms with Crippen LogP contribution in [0.5, 0.6) is 0 Å². The third-order valence-electron chi connectivity index (χ3n) is 5.23. The van der Waals surface area contributed by atoms with E-state index in [0.717, 1.165) is 5.69 Å². The van der Waals surface area contributed by atoms with Gasteiger partial charge < -0.3 is 24.5 Å². The summed E-state index contributed by atoms with van der Waals surface area (Å²) in [6, 6.07) is 8.53. The Hall–Kier alpha value is -2.81. The molecule has 2 amide bonds. The minimum Gasteiger partial charge on any atom is -0.465 e. The van der Waals surface area contributed by atoms with Crippen LogP contribution in [0.3, 0.4) is 0 Å². The molecule has 1 unspecified atom stereocenters. The van der Waals surface area contributed by atoms with Gasteiger partial charge in [-0.15, -0.1) is 0 Å². The van der Waals surface area contributed by atoms with Gasteiger partial charge in [-0.25, -0.2) is 9.78 Å². The summed E-state index contributed by atoms with van der Waals surface area (Å²) in [7, 11) is 1.55. The van der Waals surface area contributed by atoms with E-state index < -0.39 is 6.09 Å². The summed E-state index contributed by atoms with van der Waals surface area (Å²) in [4.78, 5) is 29.4. The Kier molecular flexibility index (Phi) is 6.04. The summed E-state index contributed by atoms with van der Waals surface area (Å²) in [6.07, 6.45) is 0.943. The molecule has 1 fully saturated rings. The Labute approximate surface area is 188 Å². The summed E-state index contributed by atoms with van der Waals surface area (Å²) < 4.78 is 7.73. The number of fused-ring (bicyclic) bond motifs is 1. The van der Waals surface area contributed by atoms with Gasteiger partial charge in [0.1, 0.15) is 5.65 Å². The van der Waals surface area contributed by atoms with Gasteiger partial charge in [0, 0.05) is 48.4 Å². The number of nitrogens with zero attached hydrogens (tertiary/aromatic N) is 3. The molecule has 0 spiro atoms. The maximum absolute atomic E-state index is 11.9. The lowest BCUT2D eigenvalue weighted by molar-refractivity contribution is -0.0214. The Morgan fingerprint density at radius 1 is 1.29 bits per heavy atom. The molecular weight excluding hydrogens is 443 g/mol. The number of amides is 2. The minimum absolute atomic E-state index is 0.236. The molecule has 2 N–H and O–H groups in total. The third-order valence-corrected chi connectivity index (χ3v) is 5.78. The van der Waals surface area contributed by atoms with Crippen molar-refractivity contribution in [3.8, 4) is 11.3 Å². The van der Waals surface area contributed by atoms with Crippen molar-refractivity contribution in [2.75, 3.05) is 26.7 Å². The Morgan fingerprint density at radius 2 is 2.10 bits per heavy atom. The summed E-state index contributed by atoms with van der Waals surface area (Å²) in [5.41, 5.74) is 3.19. The van der Waals surface area contributed by atoms with Crippen LogP contribution in [0.25, 0.3) is 16.9 Å². The number of carbonyl (C=O) groups excluding carboxylic acids is 1. The smallest absolute Gasteiger partial charge is 0.407 e. The number of hydrogen-bond acceptors (Lipinski definition) is 4. The largest absolute Gasteiger partial charge is 0.465 e. The van der Waals surface area contributed by atoms with E-state index in [9.17, 15) is 14.7 Å². The Bertz CT molecular complexity index is 1160. The van der Waals surface area contributed by atoms with Crippen LogP contribution >= 0.6 is 23.2 Å². The average Bonchev–Trinajstić information content (AvgIpc) is 3.10. The van der Waals surface area contributed by atoms with Crippen molar-refractivity contribution in [3.63, 3.8) is 0 Å². The first-order chi connectivity index (χ1) is 14.9. The van der Waals surface area contributed by atoms with Gasteiger partial charge in [-0.05, 0) is 18.2 Å². The highest BCUT2D eigenvalue weighted by atomic mass is 35.5. The highest BCUT2D eigenvalue weighted by Gasteiger charge is 2.27. The van der Waals surface area contributed by atoms with E-state index in [1.807, 2.05) is 10.6 Å². The zero-order valence-corrected chi connectivity index (χ0v) is 18.2. The first-order valence-electron chi connectivity index (χ1n) is 9.65. The predicted molar refractivity (Wildman–Crippen MR) is 117 cm³/mol. The fraction of sp³-hybridized carbons (Fsp3) is 0.286. The number of hydrogen-bond donors (Lipinski definition) is 2. The summed E-state index contributed by atoms with van der Waals surface area (Å²) in [5, 5.41) is 12.8. The second-order valence-electron chi connectivity index (χ2n) is 7.18. The van der Waals surface area contributed by atoms with E-state index in [1.54, 1.807) is 37.4 Å². The molecule has 1 atom stereocenters. The van der Waals surface area contributed by atoms with E-state index in [2.05, 4.69) is 5.32 Å². The van der Waals surface area contributed by atoms with Crippen LogP contribution in [-0.2, 0) is 11.2 Å². The first-order valence-corrected chi connectivity index (χ1v) is 10.4. The molecule has 0 bridgehead atoms. The fourth-order valence-corrected chi connectivity index (χ4v) is 4.13. The molecule has 10 heteroatoms. The average molecular weight is 463 g/mol. The second kappa shape index (κ2) is 8.74. The molecule has 3 aromatic rings. The normalized spacial score (nSPS) is 16.5. The Morgan fingerprint density at radius 3 is 2.81 bits per heavy atom. The third kappa shape index (κ3) is 4.32. The van der Waals surface area contributed by atoms with Crippen molar-refractivity contribution in [1.82, 2.24) is 19.6 Å². The standard InChI is InChI=1S/C21H20Cl2N4O4/c1-24-20(28)12-2-3-15(16(23)8-12)19-17(27-5-4-13(22)9-18(27)25-19)10-14-11-26(21(29)30)6-7-31-14/h2-5,8-9,14H,6-7,10-11H2,1H3,(H,24,28)(H,29,30). The predicted octanol–water partition coefficient (Wildman–Crippen LogP) is 3.59. The zero-order chi connectivity index (χ0) is 22.1. The number of aromatic nitrogens is 2. The van der Waals surface area contributed by atoms with Gasteiger partial charge in [0.25, 0.3) is 5.91 Å². The molecule has 4 rings (SSSR count). The van der Waals surface area contributed by atoms with Gasteiger partial charge in [0.15, 0.2) is 0 Å². The lowest BCUT2D eigenvalue weighted by Crippen LogP contribution is -2.45. The number of benzene rings is 1. The van der Waals surface area contributed by atoms with Crippen molar-refractivity contribution in [2.45, 2.75) is 12.5 Å². The monoisotopic (exact) mass is 462 g/mol. The zero-order valence-electron chi connectivity index (χ0n) is 16.6. The van der Waals surface area contributed by atoms with E-state index in [-0.39, 0.29) is 18.6 Å². The summed E-state index contributed by atoms with van der Waals surface area (Å²) in [5.74, 6) is -0.236. The maximum atomic E-state index is 11.9. The van der Waals surface area contributed by atoms with Gasteiger partial charge >= 0.3 is 6.09 Å². The lowest BCUT2D eigenvalue weighted by Gasteiger charge is -2.31. The van der Waals surface area contributed by atoms with E-state index >= 15 is 0 Å². The van der Waals surface area contributed by atoms with Crippen LogP contribution in [0.15, 0.2) is 36.5 Å². The molecular formula is C21H20Cl2N4O4. The molecule has 0 radical (unpaired) electrons. The molecule has 8 nitrogen and oxygen atoms in total. The molecule has 31 heavy (non-hydrogen) atoms. The number of morpholine rings is 1. The number of pyridine rings is 1. The van der Waals surface area contributed by atoms with Crippen molar-refractivity contribution in [1.29, 1.82) is 0 Å². The minimum atomic E-state index is -0.966. The molecule has 0 saturated carbocycles. The molecule has 2 aromatic heterocycles. The van der Waals surface area contributed by atoms with Crippen LogP contribution < -0.4 is 5.32 Å². The van der Waals surface area contributed by atoms with E-state index in [0.29, 0.717) is 52.1 Å². The lowest BCUT2D eigenvalue weighted by atomic mass is 10.0. The van der Waals surface area contributed by atoms with Crippen molar-refractivity contribution >= 4 is 40.8 Å². The van der Waals surface area contributed by atoms with Gasteiger partial charge in [-0.2, -0.15) is 0 Å². The summed E-state index contributed by atoms with van der Waals surface area (Å²) >= 11 is 12.7. The molecule has 1 aliphatic rings. The number of carbonyl (C=O) groups is 2. The van der Waals surface area contributed by atoms with Crippen molar-refractivity contribution in [2.24, 2.45) is 0 Å². The van der Waals surface area contributed by atoms with Gasteiger partial charge in [0.05, 0.1) is 35.7 Å². The highest BCUT2D eigenvalue weighted by Crippen LogP contribution is 2.33. The van der Waals surface area contributed by atoms with Crippen LogP contribution in [0.2, 0.25) is 10.0 Å². The SMILES string of the molecule is CNC(=O)c1ccc(-c2nc3cc(Cl)ccn3c2CC2CN(C(=O)O)CCO2)c(Cl)c1. The van der Waals surface area contributed by atoms with Crippen LogP contribution in [0, 0.1) is 0 Å². The number of ether oxygens (including phenoxy) is 1. The van der Waals surface area contributed by atoms with Crippen LogP contribution in [0.4, 0.5) is 4.79 Å². The first kappa shape index (κ1) is 21.4. The number of rotatable bonds is 4. The number of nitrogens with one attached hydrogen (secondary N) is 1. The van der Waals surface area contributed by atoms with Gasteiger partial charge in [-0.3, -0.25) is 4.79 Å².